The minimum Gasteiger partial charge on any atom is -0.497 e. The average molecular weight is 420 g/mol. The lowest BCUT2D eigenvalue weighted by atomic mass is 9.90. The van der Waals surface area contributed by atoms with E-state index in [2.05, 4.69) is 20.9 Å². The molecule has 6 nitrogen and oxygen atoms in total. The van der Waals surface area contributed by atoms with E-state index in [9.17, 15) is 18.0 Å². The molecule has 0 spiro atoms. The van der Waals surface area contributed by atoms with Crippen LogP contribution in [0, 0.1) is 0 Å². The van der Waals surface area contributed by atoms with E-state index < -0.39 is 11.7 Å². The molecule has 30 heavy (non-hydrogen) atoms. The molecule has 1 atom stereocenters. The van der Waals surface area contributed by atoms with Gasteiger partial charge < -0.3 is 20.7 Å². The van der Waals surface area contributed by atoms with Gasteiger partial charge in [0.2, 0.25) is 5.91 Å². The molecule has 1 heterocycles. The molecule has 160 valence electrons. The zero-order valence-corrected chi connectivity index (χ0v) is 16.6. The van der Waals surface area contributed by atoms with Gasteiger partial charge in [0.25, 0.3) is 0 Å². The van der Waals surface area contributed by atoms with Crippen molar-refractivity contribution in [1.29, 1.82) is 0 Å². The number of methoxy groups -OCH3 is 1. The third-order valence-corrected chi connectivity index (χ3v) is 4.91. The number of halogens is 3. The van der Waals surface area contributed by atoms with Crippen LogP contribution in [-0.4, -0.2) is 32.6 Å². The Bertz CT molecular complexity index is 944. The van der Waals surface area contributed by atoms with Crippen molar-refractivity contribution in [3.8, 4) is 5.75 Å². The molecule has 1 aliphatic heterocycles. The zero-order valence-electron chi connectivity index (χ0n) is 16.6. The van der Waals surface area contributed by atoms with Gasteiger partial charge in [-0.05, 0) is 29.3 Å². The van der Waals surface area contributed by atoms with Crippen LogP contribution >= 0.6 is 0 Å². The molecule has 1 aliphatic rings. The lowest BCUT2D eigenvalue weighted by Gasteiger charge is -2.26. The third-order valence-electron chi connectivity index (χ3n) is 4.91. The number of carbonyl (C=O) groups is 1. The topological polar surface area (TPSA) is 74.8 Å². The molecule has 0 fully saturated rings. The standard InChI is InChI=1S/C21H23F3N4O2/c1-25-20(26-11-13-7-8-15(30-2)10-17(13)21(22,23)24)27-12-14-9-19(29)28-18-6-4-3-5-16(14)18/h3-8,10,14H,9,11-12H2,1-2H3,(H,28,29)(H2,25,26,27). The highest BCUT2D eigenvalue weighted by Gasteiger charge is 2.33. The van der Waals surface area contributed by atoms with Crippen LogP contribution in [0.15, 0.2) is 47.5 Å². The number of benzene rings is 2. The predicted molar refractivity (Wildman–Crippen MR) is 109 cm³/mol. The summed E-state index contributed by atoms with van der Waals surface area (Å²) < 4.78 is 45.0. The number of ether oxygens (including phenoxy) is 1. The summed E-state index contributed by atoms with van der Waals surface area (Å²) in [5.41, 5.74) is 1.10. The van der Waals surface area contributed by atoms with Gasteiger partial charge in [-0.2, -0.15) is 13.2 Å². The van der Waals surface area contributed by atoms with Gasteiger partial charge in [-0.25, -0.2) is 0 Å². The number of para-hydroxylation sites is 1. The number of carbonyl (C=O) groups excluding carboxylic acids is 1. The van der Waals surface area contributed by atoms with Crippen molar-refractivity contribution in [1.82, 2.24) is 10.6 Å². The summed E-state index contributed by atoms with van der Waals surface area (Å²) in [5.74, 6) is 0.349. The minimum absolute atomic E-state index is 0.0692. The number of alkyl halides is 3. The summed E-state index contributed by atoms with van der Waals surface area (Å²) in [5, 5.41) is 8.85. The Morgan fingerprint density at radius 1 is 1.23 bits per heavy atom. The number of fused-ring (bicyclic) bond motifs is 1. The van der Waals surface area contributed by atoms with E-state index in [4.69, 9.17) is 4.74 Å². The fourth-order valence-corrected chi connectivity index (χ4v) is 3.40. The van der Waals surface area contributed by atoms with Crippen molar-refractivity contribution < 1.29 is 22.7 Å². The molecule has 1 amide bonds. The number of guanidine groups is 1. The molecule has 1 unspecified atom stereocenters. The van der Waals surface area contributed by atoms with E-state index in [0.29, 0.717) is 18.9 Å². The van der Waals surface area contributed by atoms with Gasteiger partial charge in [0.05, 0.1) is 12.7 Å². The molecule has 0 bridgehead atoms. The first-order chi connectivity index (χ1) is 14.3. The molecule has 3 N–H and O–H groups in total. The summed E-state index contributed by atoms with van der Waals surface area (Å²) >= 11 is 0. The van der Waals surface area contributed by atoms with E-state index in [1.165, 1.54) is 26.3 Å². The van der Waals surface area contributed by atoms with Crippen LogP contribution in [0.2, 0.25) is 0 Å². The van der Waals surface area contributed by atoms with Gasteiger partial charge in [-0.3, -0.25) is 9.79 Å². The predicted octanol–water partition coefficient (Wildman–Crippen LogP) is 3.51. The Morgan fingerprint density at radius 2 is 2.00 bits per heavy atom. The number of amides is 1. The number of hydrogen-bond acceptors (Lipinski definition) is 3. The average Bonchev–Trinajstić information content (AvgIpc) is 2.72. The van der Waals surface area contributed by atoms with E-state index in [1.807, 2.05) is 24.3 Å². The quantitative estimate of drug-likeness (QED) is 0.511. The van der Waals surface area contributed by atoms with E-state index in [0.717, 1.165) is 17.3 Å². The maximum atomic E-state index is 13.4. The van der Waals surface area contributed by atoms with Crippen LogP contribution in [0.1, 0.15) is 29.0 Å². The van der Waals surface area contributed by atoms with Crippen LogP contribution in [-0.2, 0) is 17.5 Å². The van der Waals surface area contributed by atoms with E-state index in [1.54, 1.807) is 0 Å². The van der Waals surface area contributed by atoms with Crippen LogP contribution in [0.25, 0.3) is 0 Å². The van der Waals surface area contributed by atoms with Crippen LogP contribution in [0.5, 0.6) is 5.75 Å². The number of hydrogen-bond donors (Lipinski definition) is 3. The fraction of sp³-hybridized carbons (Fsp3) is 0.333. The van der Waals surface area contributed by atoms with Crippen LogP contribution in [0.4, 0.5) is 18.9 Å². The summed E-state index contributed by atoms with van der Waals surface area (Å²) in [7, 11) is 2.86. The monoisotopic (exact) mass is 420 g/mol. The van der Waals surface area contributed by atoms with E-state index >= 15 is 0 Å². The molecule has 0 radical (unpaired) electrons. The number of nitrogens with one attached hydrogen (secondary N) is 3. The maximum absolute atomic E-state index is 13.4. The van der Waals surface area contributed by atoms with Crippen molar-refractivity contribution in [2.24, 2.45) is 4.99 Å². The van der Waals surface area contributed by atoms with Crippen LogP contribution < -0.4 is 20.7 Å². The highest BCUT2D eigenvalue weighted by Crippen LogP contribution is 2.34. The highest BCUT2D eigenvalue weighted by molar-refractivity contribution is 5.94. The minimum atomic E-state index is -4.50. The number of anilines is 1. The molecular formula is C21H23F3N4O2. The Kier molecular flexibility index (Phi) is 6.49. The van der Waals surface area contributed by atoms with Gasteiger partial charge in [-0.15, -0.1) is 0 Å². The first-order valence-electron chi connectivity index (χ1n) is 9.39. The molecule has 0 saturated heterocycles. The molecule has 3 rings (SSSR count). The zero-order chi connectivity index (χ0) is 21.7. The normalized spacial score (nSPS) is 16.5. The van der Waals surface area contributed by atoms with Gasteiger partial charge in [0.1, 0.15) is 5.75 Å². The summed E-state index contributed by atoms with van der Waals surface area (Å²) in [6, 6.07) is 11.4. The number of aliphatic imine (C=N–C) groups is 1. The molecule has 9 heteroatoms. The lowest BCUT2D eigenvalue weighted by Crippen LogP contribution is -2.40. The Morgan fingerprint density at radius 3 is 2.70 bits per heavy atom. The lowest BCUT2D eigenvalue weighted by molar-refractivity contribution is -0.138. The molecule has 0 saturated carbocycles. The summed E-state index contributed by atoms with van der Waals surface area (Å²) in [6.07, 6.45) is -4.18. The largest absolute Gasteiger partial charge is 0.497 e. The molecule has 0 aromatic heterocycles. The maximum Gasteiger partial charge on any atom is 0.416 e. The van der Waals surface area contributed by atoms with Crippen LogP contribution in [0.3, 0.4) is 0 Å². The molecule has 2 aromatic rings. The smallest absolute Gasteiger partial charge is 0.416 e. The SMILES string of the molecule is CN=C(NCc1ccc(OC)cc1C(F)(F)F)NCC1CC(=O)Nc2ccccc21. The van der Waals surface area contributed by atoms with Crippen molar-refractivity contribution in [2.45, 2.75) is 25.1 Å². The van der Waals surface area contributed by atoms with Crippen molar-refractivity contribution in [3.63, 3.8) is 0 Å². The summed E-state index contributed by atoms with van der Waals surface area (Å²) in [4.78, 5) is 16.0. The van der Waals surface area contributed by atoms with Crippen molar-refractivity contribution in [3.05, 3.63) is 59.2 Å². The second-order valence-electron chi connectivity index (χ2n) is 6.86. The van der Waals surface area contributed by atoms with Gasteiger partial charge >= 0.3 is 6.18 Å². The Labute approximate surface area is 172 Å². The Balaban J connectivity index is 1.66. The van der Waals surface area contributed by atoms with Gasteiger partial charge in [0.15, 0.2) is 5.96 Å². The molecular weight excluding hydrogens is 397 g/mol. The molecule has 2 aromatic carbocycles. The van der Waals surface area contributed by atoms with Crippen molar-refractivity contribution in [2.75, 3.05) is 26.0 Å². The number of rotatable bonds is 5. The van der Waals surface area contributed by atoms with Crippen molar-refractivity contribution >= 4 is 17.6 Å². The Hall–Kier alpha value is -3.23. The second kappa shape index (κ2) is 9.06. The first-order valence-corrected chi connectivity index (χ1v) is 9.39. The highest BCUT2D eigenvalue weighted by atomic mass is 19.4. The first kappa shape index (κ1) is 21.5. The summed E-state index contributed by atoms with van der Waals surface area (Å²) in [6.45, 7) is 0.346. The molecule has 0 aliphatic carbocycles. The third kappa shape index (κ3) is 5.03. The van der Waals surface area contributed by atoms with E-state index in [-0.39, 0.29) is 29.7 Å². The van der Waals surface area contributed by atoms with Gasteiger partial charge in [0, 0.05) is 38.2 Å². The van der Waals surface area contributed by atoms with Gasteiger partial charge in [-0.1, -0.05) is 24.3 Å². The fourth-order valence-electron chi connectivity index (χ4n) is 3.40. The second-order valence-corrected chi connectivity index (χ2v) is 6.86. The number of nitrogens with zero attached hydrogens (tertiary/aromatic N) is 1.